The van der Waals surface area contributed by atoms with Crippen molar-refractivity contribution in [1.29, 1.82) is 0 Å². The van der Waals surface area contributed by atoms with Crippen molar-refractivity contribution in [2.24, 2.45) is 0 Å². The Bertz CT molecular complexity index is 795. The second-order valence-electron chi connectivity index (χ2n) is 6.41. The van der Waals surface area contributed by atoms with E-state index < -0.39 is 5.97 Å². The average Bonchev–Trinajstić information content (AvgIpc) is 2.60. The Kier molecular flexibility index (Phi) is 7.37. The Morgan fingerprint density at radius 3 is 2.30 bits per heavy atom. The first-order valence-corrected chi connectivity index (χ1v) is 8.76. The predicted molar refractivity (Wildman–Crippen MR) is 105 cm³/mol. The summed E-state index contributed by atoms with van der Waals surface area (Å²) in [5.74, 6) is 0.230. The second kappa shape index (κ2) is 9.73. The number of hydrogen-bond donors (Lipinski definition) is 2. The molecule has 6 nitrogen and oxygen atoms in total. The number of nitrogens with one attached hydrogen (secondary N) is 2. The number of aryl methyl sites for hydroxylation is 2. The van der Waals surface area contributed by atoms with Crippen molar-refractivity contribution in [3.8, 4) is 5.75 Å². The lowest BCUT2D eigenvalue weighted by Gasteiger charge is -2.14. The molecular formula is C21H26N2O4. The van der Waals surface area contributed by atoms with Gasteiger partial charge in [0.25, 0.3) is 0 Å². The van der Waals surface area contributed by atoms with Gasteiger partial charge in [-0.2, -0.15) is 0 Å². The highest BCUT2D eigenvalue weighted by atomic mass is 16.6. The summed E-state index contributed by atoms with van der Waals surface area (Å²) in [5.41, 5.74) is 4.97. The van der Waals surface area contributed by atoms with Crippen molar-refractivity contribution in [1.82, 2.24) is 5.32 Å². The molecule has 2 aromatic rings. The van der Waals surface area contributed by atoms with E-state index in [0.717, 1.165) is 27.9 Å². The van der Waals surface area contributed by atoms with Crippen molar-refractivity contribution in [2.45, 2.75) is 33.9 Å². The summed E-state index contributed by atoms with van der Waals surface area (Å²) in [5, 5.41) is 6.19. The Morgan fingerprint density at radius 1 is 1.00 bits per heavy atom. The molecule has 27 heavy (non-hydrogen) atoms. The molecule has 0 saturated carbocycles. The molecule has 0 spiro atoms. The van der Waals surface area contributed by atoms with Gasteiger partial charge < -0.3 is 20.1 Å². The number of carbonyl (C=O) groups excluding carboxylic acids is 2. The van der Waals surface area contributed by atoms with Crippen LogP contribution in [0.4, 0.5) is 5.69 Å². The third-order valence-electron chi connectivity index (χ3n) is 3.99. The van der Waals surface area contributed by atoms with Crippen LogP contribution < -0.4 is 15.4 Å². The third-order valence-corrected chi connectivity index (χ3v) is 3.99. The molecule has 0 saturated heterocycles. The normalized spacial score (nSPS) is 10.4. The molecule has 0 radical (unpaired) electrons. The molecule has 0 fully saturated rings. The van der Waals surface area contributed by atoms with Crippen LogP contribution in [0.1, 0.15) is 29.2 Å². The number of amides is 1. The highest BCUT2D eigenvalue weighted by Crippen LogP contribution is 2.25. The molecule has 0 heterocycles. The van der Waals surface area contributed by atoms with E-state index in [4.69, 9.17) is 4.74 Å². The molecule has 0 bridgehead atoms. The summed E-state index contributed by atoms with van der Waals surface area (Å²) in [4.78, 5) is 22.4. The number of esters is 1. The van der Waals surface area contributed by atoms with Gasteiger partial charge in [0.05, 0.1) is 7.11 Å². The van der Waals surface area contributed by atoms with E-state index in [0.29, 0.717) is 18.8 Å². The van der Waals surface area contributed by atoms with Gasteiger partial charge in [0.2, 0.25) is 5.91 Å². The van der Waals surface area contributed by atoms with Crippen LogP contribution in [0.5, 0.6) is 5.75 Å². The molecule has 144 valence electrons. The van der Waals surface area contributed by atoms with Crippen molar-refractivity contribution in [3.63, 3.8) is 0 Å². The van der Waals surface area contributed by atoms with Gasteiger partial charge in [-0.1, -0.05) is 24.3 Å². The number of hydrogen-bond acceptors (Lipinski definition) is 5. The lowest BCUT2D eigenvalue weighted by Crippen LogP contribution is -2.15. The Labute approximate surface area is 159 Å². The first-order chi connectivity index (χ1) is 12.9. The molecule has 0 aromatic heterocycles. The number of anilines is 1. The summed E-state index contributed by atoms with van der Waals surface area (Å²) < 4.78 is 10.2. The van der Waals surface area contributed by atoms with Gasteiger partial charge in [0.15, 0.2) is 6.61 Å². The molecule has 0 aliphatic rings. The zero-order chi connectivity index (χ0) is 19.8. The number of rotatable bonds is 8. The topological polar surface area (TPSA) is 76.7 Å². The largest absolute Gasteiger partial charge is 0.481 e. The summed E-state index contributed by atoms with van der Waals surface area (Å²) in [6.45, 7) is 6.70. The van der Waals surface area contributed by atoms with Crippen molar-refractivity contribution in [2.75, 3.05) is 19.0 Å². The molecule has 2 N–H and O–H groups in total. The maximum Gasteiger partial charge on any atom is 0.343 e. The smallest absolute Gasteiger partial charge is 0.343 e. The zero-order valence-electron chi connectivity index (χ0n) is 16.2. The minimum atomic E-state index is -0.402. The maximum atomic E-state index is 11.3. The standard InChI is InChI=1S/C21H26N2O4/c1-14-8-18(9-15(2)21(14)27-13-20(25)26-4)12-22-11-17-6-5-7-19(10-17)23-16(3)24/h5-10,22H,11-13H2,1-4H3,(H,23,24). The van der Waals surface area contributed by atoms with Gasteiger partial charge >= 0.3 is 5.97 Å². The zero-order valence-corrected chi connectivity index (χ0v) is 16.2. The van der Waals surface area contributed by atoms with Crippen LogP contribution in [0.25, 0.3) is 0 Å². The van der Waals surface area contributed by atoms with E-state index in [-0.39, 0.29) is 12.5 Å². The number of ether oxygens (including phenoxy) is 2. The first-order valence-electron chi connectivity index (χ1n) is 8.76. The second-order valence-corrected chi connectivity index (χ2v) is 6.41. The first kappa shape index (κ1) is 20.5. The molecule has 0 aliphatic carbocycles. The minimum Gasteiger partial charge on any atom is -0.481 e. The summed E-state index contributed by atoms with van der Waals surface area (Å²) in [6, 6.07) is 11.8. The summed E-state index contributed by atoms with van der Waals surface area (Å²) in [7, 11) is 1.34. The number of methoxy groups -OCH3 is 1. The van der Waals surface area contributed by atoms with Gasteiger partial charge in [-0.25, -0.2) is 4.79 Å². The van der Waals surface area contributed by atoms with E-state index in [1.54, 1.807) is 0 Å². The van der Waals surface area contributed by atoms with Crippen molar-refractivity contribution >= 4 is 17.6 Å². The lowest BCUT2D eigenvalue weighted by molar-refractivity contribution is -0.142. The highest BCUT2D eigenvalue weighted by molar-refractivity contribution is 5.88. The van der Waals surface area contributed by atoms with Crippen molar-refractivity contribution in [3.05, 3.63) is 58.7 Å². The molecule has 0 unspecified atom stereocenters. The van der Waals surface area contributed by atoms with Gasteiger partial charge in [-0.05, 0) is 48.2 Å². The monoisotopic (exact) mass is 370 g/mol. The fraction of sp³-hybridized carbons (Fsp3) is 0.333. The van der Waals surface area contributed by atoms with E-state index in [1.807, 2.05) is 50.2 Å². The molecule has 0 atom stereocenters. The van der Waals surface area contributed by atoms with Crippen LogP contribution in [0, 0.1) is 13.8 Å². The lowest BCUT2D eigenvalue weighted by atomic mass is 10.1. The average molecular weight is 370 g/mol. The predicted octanol–water partition coefficient (Wildman–Crippen LogP) is 3.10. The van der Waals surface area contributed by atoms with Crippen LogP contribution in [-0.2, 0) is 27.4 Å². The molecule has 2 aromatic carbocycles. The maximum absolute atomic E-state index is 11.3. The highest BCUT2D eigenvalue weighted by Gasteiger charge is 2.09. The fourth-order valence-corrected chi connectivity index (χ4v) is 2.87. The van der Waals surface area contributed by atoms with Crippen LogP contribution in [0.15, 0.2) is 36.4 Å². The van der Waals surface area contributed by atoms with E-state index in [2.05, 4.69) is 15.4 Å². The number of carbonyl (C=O) groups is 2. The fourth-order valence-electron chi connectivity index (χ4n) is 2.87. The van der Waals surface area contributed by atoms with Crippen LogP contribution in [0.2, 0.25) is 0 Å². The van der Waals surface area contributed by atoms with E-state index in [9.17, 15) is 9.59 Å². The molecule has 6 heteroatoms. The molecule has 0 aliphatic heterocycles. The molecular weight excluding hydrogens is 344 g/mol. The third kappa shape index (κ3) is 6.42. The number of benzene rings is 2. The molecule has 2 rings (SSSR count). The Morgan fingerprint density at radius 2 is 1.67 bits per heavy atom. The Balaban J connectivity index is 1.94. The van der Waals surface area contributed by atoms with E-state index >= 15 is 0 Å². The van der Waals surface area contributed by atoms with Crippen LogP contribution >= 0.6 is 0 Å². The summed E-state index contributed by atoms with van der Waals surface area (Å²) in [6.07, 6.45) is 0. The summed E-state index contributed by atoms with van der Waals surface area (Å²) >= 11 is 0. The quantitative estimate of drug-likeness (QED) is 0.698. The van der Waals surface area contributed by atoms with Gasteiger partial charge in [0.1, 0.15) is 5.75 Å². The Hall–Kier alpha value is -2.86. The van der Waals surface area contributed by atoms with Crippen LogP contribution in [0.3, 0.4) is 0 Å². The van der Waals surface area contributed by atoms with Crippen LogP contribution in [-0.4, -0.2) is 25.6 Å². The SMILES string of the molecule is COC(=O)COc1c(C)cc(CNCc2cccc(NC(C)=O)c2)cc1C. The van der Waals surface area contributed by atoms with Gasteiger partial charge in [-0.15, -0.1) is 0 Å². The van der Waals surface area contributed by atoms with Gasteiger partial charge in [-0.3, -0.25) is 4.79 Å². The minimum absolute atomic E-state index is 0.0828. The van der Waals surface area contributed by atoms with Gasteiger partial charge in [0, 0.05) is 25.7 Å². The molecule has 1 amide bonds. The van der Waals surface area contributed by atoms with E-state index in [1.165, 1.54) is 14.0 Å². The van der Waals surface area contributed by atoms with Crippen molar-refractivity contribution < 1.29 is 19.1 Å².